The van der Waals surface area contributed by atoms with Crippen LogP contribution in [-0.4, -0.2) is 28.1 Å². The smallest absolute Gasteiger partial charge is 0.332 e. The molecule has 0 aliphatic carbocycles. The van der Waals surface area contributed by atoms with E-state index in [2.05, 4.69) is 6.92 Å². The van der Waals surface area contributed by atoms with Crippen LogP contribution < -0.4 is 4.74 Å². The minimum absolute atomic E-state index is 0.221. The number of aliphatic carboxylic acids is 2. The number of esters is 1. The molecule has 27 heavy (non-hydrogen) atoms. The average Bonchev–Trinajstić information content (AvgIpc) is 2.62. The van der Waals surface area contributed by atoms with Gasteiger partial charge < -0.3 is 14.9 Å². The molecule has 6 heteroatoms. The lowest BCUT2D eigenvalue weighted by Gasteiger charge is -2.12. The molecule has 0 aromatic heterocycles. The molecular weight excluding hydrogens is 348 g/mol. The summed E-state index contributed by atoms with van der Waals surface area (Å²) in [5.41, 5.74) is 0.113. The van der Waals surface area contributed by atoms with Crippen molar-refractivity contribution in [3.63, 3.8) is 0 Å². The molecule has 0 bridgehead atoms. The zero-order valence-electron chi connectivity index (χ0n) is 15.8. The summed E-state index contributed by atoms with van der Waals surface area (Å²) in [4.78, 5) is 34.8. The summed E-state index contributed by atoms with van der Waals surface area (Å²) in [6, 6.07) is 8.50. The molecule has 1 aromatic rings. The van der Waals surface area contributed by atoms with Gasteiger partial charge >= 0.3 is 17.9 Å². The van der Waals surface area contributed by atoms with E-state index in [1.807, 2.05) is 0 Å². The van der Waals surface area contributed by atoms with Gasteiger partial charge in [-0.05, 0) is 30.5 Å². The fourth-order valence-electron chi connectivity index (χ4n) is 2.80. The molecular formula is C21H28O6. The molecule has 1 rings (SSSR count). The van der Waals surface area contributed by atoms with Crippen molar-refractivity contribution in [2.75, 3.05) is 0 Å². The van der Waals surface area contributed by atoms with Gasteiger partial charge in [0.25, 0.3) is 0 Å². The van der Waals surface area contributed by atoms with Crippen molar-refractivity contribution < 1.29 is 29.3 Å². The number of hydrogen-bond donors (Lipinski definition) is 2. The molecule has 0 radical (unpaired) electrons. The van der Waals surface area contributed by atoms with Gasteiger partial charge in [0.15, 0.2) is 0 Å². The number of para-hydroxylation sites is 1. The van der Waals surface area contributed by atoms with Crippen molar-refractivity contribution in [3.05, 3.63) is 41.5 Å². The molecule has 1 aromatic carbocycles. The van der Waals surface area contributed by atoms with Gasteiger partial charge in [0.2, 0.25) is 0 Å². The van der Waals surface area contributed by atoms with E-state index < -0.39 is 24.3 Å². The van der Waals surface area contributed by atoms with Gasteiger partial charge in [0, 0.05) is 5.57 Å². The highest BCUT2D eigenvalue weighted by molar-refractivity contribution is 5.94. The lowest BCUT2D eigenvalue weighted by molar-refractivity contribution is -0.140. The average molecular weight is 376 g/mol. The third kappa shape index (κ3) is 9.58. The van der Waals surface area contributed by atoms with E-state index in [4.69, 9.17) is 9.84 Å². The van der Waals surface area contributed by atoms with Crippen LogP contribution in [0, 0.1) is 0 Å². The summed E-state index contributed by atoms with van der Waals surface area (Å²) in [6.07, 6.45) is 5.63. The second-order valence-corrected chi connectivity index (χ2v) is 6.44. The molecule has 0 amide bonds. The molecule has 0 saturated heterocycles. The van der Waals surface area contributed by atoms with Gasteiger partial charge in [-0.2, -0.15) is 0 Å². The predicted molar refractivity (Wildman–Crippen MR) is 102 cm³/mol. The van der Waals surface area contributed by atoms with Gasteiger partial charge in [0.05, 0.1) is 12.8 Å². The van der Waals surface area contributed by atoms with Crippen LogP contribution >= 0.6 is 0 Å². The third-order valence-corrected chi connectivity index (χ3v) is 4.18. The van der Waals surface area contributed by atoms with Gasteiger partial charge in [-0.3, -0.25) is 9.59 Å². The fourth-order valence-corrected chi connectivity index (χ4v) is 2.80. The molecule has 0 saturated carbocycles. The SMILES string of the molecule is CCCCCCCCC(CC(=O)Oc1ccccc1)=C(CC(=O)O)C(=O)O. The number of carbonyl (C=O) groups excluding carboxylic acids is 1. The minimum atomic E-state index is -1.30. The number of carboxylic acid groups (broad SMARTS) is 2. The maximum atomic E-state index is 12.2. The quantitative estimate of drug-likeness (QED) is 0.226. The number of rotatable bonds is 13. The zero-order valence-corrected chi connectivity index (χ0v) is 15.8. The maximum Gasteiger partial charge on any atom is 0.332 e. The van der Waals surface area contributed by atoms with Gasteiger partial charge in [-0.1, -0.05) is 57.2 Å². The summed E-state index contributed by atoms with van der Waals surface area (Å²) in [5.74, 6) is -2.75. The Morgan fingerprint density at radius 2 is 1.52 bits per heavy atom. The van der Waals surface area contributed by atoms with Crippen LogP contribution in [0.4, 0.5) is 0 Å². The van der Waals surface area contributed by atoms with Crippen molar-refractivity contribution >= 4 is 17.9 Å². The molecule has 0 atom stereocenters. The van der Waals surface area contributed by atoms with Gasteiger partial charge in [-0.25, -0.2) is 4.79 Å². The Morgan fingerprint density at radius 1 is 0.889 bits per heavy atom. The van der Waals surface area contributed by atoms with Gasteiger partial charge in [0.1, 0.15) is 5.75 Å². The standard InChI is InChI=1S/C21H28O6/c1-2-3-4-5-6-8-11-16(18(21(25)26)15-19(22)23)14-20(24)27-17-12-9-7-10-13-17/h7,9-10,12-13H,2-6,8,11,14-15H2,1H3,(H,22,23)(H,25,26). The van der Waals surface area contributed by atoms with E-state index in [0.29, 0.717) is 24.2 Å². The third-order valence-electron chi connectivity index (χ3n) is 4.18. The first-order valence-electron chi connectivity index (χ1n) is 9.35. The summed E-state index contributed by atoms with van der Waals surface area (Å²) in [7, 11) is 0. The highest BCUT2D eigenvalue weighted by Crippen LogP contribution is 2.22. The molecule has 0 fully saturated rings. The van der Waals surface area contributed by atoms with E-state index >= 15 is 0 Å². The molecule has 6 nitrogen and oxygen atoms in total. The molecule has 2 N–H and O–H groups in total. The number of carboxylic acids is 2. The van der Waals surface area contributed by atoms with Crippen LogP contribution in [0.1, 0.15) is 64.7 Å². The second kappa shape index (κ2) is 12.7. The van der Waals surface area contributed by atoms with Crippen molar-refractivity contribution in [2.24, 2.45) is 0 Å². The first kappa shape index (κ1) is 22.4. The van der Waals surface area contributed by atoms with Crippen LogP contribution in [0.15, 0.2) is 41.5 Å². The number of hydrogen-bond acceptors (Lipinski definition) is 4. The number of benzene rings is 1. The highest BCUT2D eigenvalue weighted by Gasteiger charge is 2.20. The summed E-state index contributed by atoms with van der Waals surface area (Å²) in [5, 5.41) is 18.4. The first-order chi connectivity index (χ1) is 12.9. The van der Waals surface area contributed by atoms with Crippen molar-refractivity contribution in [3.8, 4) is 5.75 Å². The van der Waals surface area contributed by atoms with Gasteiger partial charge in [-0.15, -0.1) is 0 Å². The van der Waals surface area contributed by atoms with E-state index in [1.165, 1.54) is 0 Å². The molecule has 0 spiro atoms. The van der Waals surface area contributed by atoms with Crippen LogP contribution in [0.2, 0.25) is 0 Å². The van der Waals surface area contributed by atoms with Crippen LogP contribution in [0.25, 0.3) is 0 Å². The number of unbranched alkanes of at least 4 members (excludes halogenated alkanes) is 5. The van der Waals surface area contributed by atoms with Crippen molar-refractivity contribution in [2.45, 2.75) is 64.7 Å². The Hall–Kier alpha value is -2.63. The van der Waals surface area contributed by atoms with E-state index in [9.17, 15) is 19.5 Å². The Morgan fingerprint density at radius 3 is 2.11 bits per heavy atom. The minimum Gasteiger partial charge on any atom is -0.481 e. The van der Waals surface area contributed by atoms with E-state index in [0.717, 1.165) is 32.1 Å². The summed E-state index contributed by atoms with van der Waals surface area (Å²) >= 11 is 0. The molecule has 0 heterocycles. The molecule has 0 aliphatic heterocycles. The van der Waals surface area contributed by atoms with E-state index in [1.54, 1.807) is 30.3 Å². The van der Waals surface area contributed by atoms with Crippen LogP contribution in [-0.2, 0) is 14.4 Å². The van der Waals surface area contributed by atoms with Crippen LogP contribution in [0.5, 0.6) is 5.75 Å². The first-order valence-corrected chi connectivity index (χ1v) is 9.35. The Labute approximate surface area is 159 Å². The van der Waals surface area contributed by atoms with E-state index in [-0.39, 0.29) is 12.0 Å². The Kier molecular flexibility index (Phi) is 10.5. The molecule has 0 unspecified atom stereocenters. The lowest BCUT2D eigenvalue weighted by atomic mass is 9.96. The van der Waals surface area contributed by atoms with Crippen molar-refractivity contribution in [1.29, 1.82) is 0 Å². The topological polar surface area (TPSA) is 101 Å². The summed E-state index contributed by atoms with van der Waals surface area (Å²) < 4.78 is 5.23. The summed E-state index contributed by atoms with van der Waals surface area (Å²) in [6.45, 7) is 2.13. The second-order valence-electron chi connectivity index (χ2n) is 6.44. The lowest BCUT2D eigenvalue weighted by Crippen LogP contribution is -2.15. The largest absolute Gasteiger partial charge is 0.481 e. The highest BCUT2D eigenvalue weighted by atomic mass is 16.5. The number of carbonyl (C=O) groups is 3. The normalized spacial score (nSPS) is 11.6. The maximum absolute atomic E-state index is 12.2. The Bertz CT molecular complexity index is 648. The monoisotopic (exact) mass is 376 g/mol. The fraction of sp³-hybridized carbons (Fsp3) is 0.476. The number of ether oxygens (including phenoxy) is 1. The van der Waals surface area contributed by atoms with Crippen molar-refractivity contribution in [1.82, 2.24) is 0 Å². The molecule has 148 valence electrons. The predicted octanol–water partition coefficient (Wildman–Crippen LogP) is 4.59. The Balaban J connectivity index is 2.80. The van der Waals surface area contributed by atoms with Crippen LogP contribution in [0.3, 0.4) is 0 Å². The zero-order chi connectivity index (χ0) is 20.1. The molecule has 0 aliphatic rings.